The van der Waals surface area contributed by atoms with E-state index < -0.39 is 4.92 Å². The van der Waals surface area contributed by atoms with Gasteiger partial charge in [-0.15, -0.1) is 0 Å². The van der Waals surface area contributed by atoms with Crippen molar-refractivity contribution in [3.8, 4) is 0 Å². The van der Waals surface area contributed by atoms with Crippen LogP contribution in [0.25, 0.3) is 11.0 Å². The van der Waals surface area contributed by atoms with E-state index >= 15 is 0 Å². The average Bonchev–Trinajstić information content (AvgIpc) is 2.85. The molecule has 0 amide bonds. The minimum atomic E-state index is -0.523. The van der Waals surface area contributed by atoms with Gasteiger partial charge in [0, 0.05) is 19.2 Å². The van der Waals surface area contributed by atoms with Crippen LogP contribution in [0.3, 0.4) is 0 Å². The summed E-state index contributed by atoms with van der Waals surface area (Å²) in [5, 5.41) is 30.0. The third-order valence-corrected chi connectivity index (χ3v) is 2.85. The molecule has 0 radical (unpaired) electrons. The van der Waals surface area contributed by atoms with Gasteiger partial charge in [-0.1, -0.05) is 6.92 Å². The van der Waals surface area contributed by atoms with Crippen LogP contribution in [0.15, 0.2) is 16.8 Å². The van der Waals surface area contributed by atoms with E-state index in [1.54, 1.807) is 6.07 Å². The minimum absolute atomic E-state index is 0.129. The Balaban J connectivity index is 2.23. The van der Waals surface area contributed by atoms with Crippen LogP contribution >= 0.6 is 0 Å². The van der Waals surface area contributed by atoms with E-state index in [9.17, 15) is 10.1 Å². The molecule has 0 saturated carbocycles. The molecule has 8 heteroatoms. The molecule has 0 aliphatic carbocycles. The number of aromatic nitrogens is 2. The molecule has 0 spiro atoms. The lowest BCUT2D eigenvalue weighted by molar-refractivity contribution is -0.383. The fraction of sp³-hybridized carbons (Fsp3) is 0.455. The van der Waals surface area contributed by atoms with Crippen molar-refractivity contribution in [1.29, 1.82) is 0 Å². The molecule has 0 saturated heterocycles. The van der Waals surface area contributed by atoms with E-state index in [2.05, 4.69) is 20.3 Å². The Morgan fingerprint density at radius 2 is 2.21 bits per heavy atom. The number of nitro benzene ring substituents is 1. The maximum absolute atomic E-state index is 10.8. The van der Waals surface area contributed by atoms with Gasteiger partial charge < -0.3 is 10.4 Å². The van der Waals surface area contributed by atoms with Crippen LogP contribution < -0.4 is 5.32 Å². The van der Waals surface area contributed by atoms with Crippen LogP contribution in [0.1, 0.15) is 13.3 Å². The van der Waals surface area contributed by atoms with Crippen molar-refractivity contribution >= 4 is 22.4 Å². The van der Waals surface area contributed by atoms with Gasteiger partial charge in [0.1, 0.15) is 0 Å². The predicted octanol–water partition coefficient (Wildman–Crippen LogP) is 1.56. The third kappa shape index (κ3) is 2.79. The molecular weight excluding hydrogens is 252 g/mol. The molecule has 19 heavy (non-hydrogen) atoms. The van der Waals surface area contributed by atoms with Crippen LogP contribution in [0, 0.1) is 16.0 Å². The quantitative estimate of drug-likeness (QED) is 0.602. The molecule has 1 unspecified atom stereocenters. The van der Waals surface area contributed by atoms with E-state index in [-0.39, 0.29) is 23.7 Å². The second-order valence-electron chi connectivity index (χ2n) is 4.35. The number of rotatable bonds is 6. The Morgan fingerprint density at radius 3 is 2.89 bits per heavy atom. The summed E-state index contributed by atoms with van der Waals surface area (Å²) in [6.07, 6.45) is 0.681. The maximum Gasteiger partial charge on any atom is 0.300 e. The molecule has 102 valence electrons. The first kappa shape index (κ1) is 13.2. The van der Waals surface area contributed by atoms with Crippen molar-refractivity contribution in [3.05, 3.63) is 22.2 Å². The lowest BCUT2D eigenvalue weighted by Gasteiger charge is -2.11. The number of aliphatic hydroxyl groups excluding tert-OH is 1. The number of nitrogens with one attached hydrogen (secondary N) is 1. The van der Waals surface area contributed by atoms with Crippen LogP contribution in [-0.2, 0) is 0 Å². The van der Waals surface area contributed by atoms with Gasteiger partial charge in [0.15, 0.2) is 5.52 Å². The fourth-order valence-electron chi connectivity index (χ4n) is 1.75. The summed E-state index contributed by atoms with van der Waals surface area (Å²) in [6.45, 7) is 2.75. The van der Waals surface area contributed by atoms with Gasteiger partial charge in [-0.3, -0.25) is 10.1 Å². The van der Waals surface area contributed by atoms with Gasteiger partial charge in [-0.25, -0.2) is 4.63 Å². The van der Waals surface area contributed by atoms with Crippen LogP contribution in [0.2, 0.25) is 0 Å². The number of hydrogen-bond donors (Lipinski definition) is 2. The second-order valence-corrected chi connectivity index (χ2v) is 4.35. The highest BCUT2D eigenvalue weighted by atomic mass is 16.6. The number of hydrogen-bond acceptors (Lipinski definition) is 7. The Kier molecular flexibility index (Phi) is 3.91. The zero-order valence-corrected chi connectivity index (χ0v) is 10.4. The molecule has 1 aromatic heterocycles. The number of anilines is 1. The Labute approximate surface area is 108 Å². The minimum Gasteiger partial charge on any atom is -0.396 e. The van der Waals surface area contributed by atoms with Crippen molar-refractivity contribution in [1.82, 2.24) is 10.3 Å². The van der Waals surface area contributed by atoms with Gasteiger partial charge in [-0.05, 0) is 28.7 Å². The normalized spacial score (nSPS) is 12.5. The first-order chi connectivity index (χ1) is 9.13. The van der Waals surface area contributed by atoms with E-state index in [0.717, 1.165) is 0 Å². The summed E-state index contributed by atoms with van der Waals surface area (Å²) in [7, 11) is 0. The lowest BCUT2D eigenvalue weighted by atomic mass is 10.1. The average molecular weight is 266 g/mol. The highest BCUT2D eigenvalue weighted by Gasteiger charge is 2.19. The number of non-ortho nitro benzene ring substituents is 1. The number of benzene rings is 1. The number of aliphatic hydroxyl groups is 1. The fourth-order valence-corrected chi connectivity index (χ4v) is 1.75. The summed E-state index contributed by atoms with van der Waals surface area (Å²) in [5.74, 6) is 0.273. The van der Waals surface area contributed by atoms with Gasteiger partial charge in [0.25, 0.3) is 0 Å². The van der Waals surface area contributed by atoms with Crippen LogP contribution in [0.5, 0.6) is 0 Å². The molecule has 2 aromatic rings. The summed E-state index contributed by atoms with van der Waals surface area (Å²) in [4.78, 5) is 10.3. The maximum atomic E-state index is 10.8. The Bertz CT molecular complexity index is 583. The molecule has 2 rings (SSSR count). The van der Waals surface area contributed by atoms with Crippen molar-refractivity contribution < 1.29 is 14.7 Å². The largest absolute Gasteiger partial charge is 0.396 e. The van der Waals surface area contributed by atoms with Gasteiger partial charge in [-0.2, -0.15) is 0 Å². The van der Waals surface area contributed by atoms with Crippen molar-refractivity contribution in [2.45, 2.75) is 13.3 Å². The summed E-state index contributed by atoms with van der Waals surface area (Å²) in [6, 6.07) is 2.95. The van der Waals surface area contributed by atoms with Crippen LogP contribution in [-0.4, -0.2) is 33.5 Å². The van der Waals surface area contributed by atoms with Crippen molar-refractivity contribution in [2.75, 3.05) is 18.5 Å². The molecule has 2 N–H and O–H groups in total. The monoisotopic (exact) mass is 266 g/mol. The molecule has 0 aliphatic rings. The van der Waals surface area contributed by atoms with Crippen molar-refractivity contribution in [2.24, 2.45) is 5.92 Å². The first-order valence-electron chi connectivity index (χ1n) is 5.88. The van der Waals surface area contributed by atoms with Gasteiger partial charge >= 0.3 is 5.69 Å². The number of nitrogens with zero attached hydrogens (tertiary/aromatic N) is 3. The Hall–Kier alpha value is -2.22. The predicted molar refractivity (Wildman–Crippen MR) is 67.8 cm³/mol. The first-order valence-corrected chi connectivity index (χ1v) is 5.88. The molecule has 1 aromatic carbocycles. The van der Waals surface area contributed by atoms with Gasteiger partial charge in [0.05, 0.1) is 10.6 Å². The number of fused-ring (bicyclic) bond motifs is 1. The summed E-state index contributed by atoms with van der Waals surface area (Å²) in [5.41, 5.74) is 0.965. The van der Waals surface area contributed by atoms with E-state index in [4.69, 9.17) is 5.11 Å². The molecule has 0 bridgehead atoms. The van der Waals surface area contributed by atoms with Gasteiger partial charge in [0.2, 0.25) is 5.52 Å². The zero-order valence-electron chi connectivity index (χ0n) is 10.4. The molecule has 0 aliphatic heterocycles. The topological polar surface area (TPSA) is 114 Å². The molecule has 1 atom stereocenters. The molecule has 8 nitrogen and oxygen atoms in total. The molecular formula is C11H14N4O4. The van der Waals surface area contributed by atoms with E-state index in [1.165, 1.54) is 6.07 Å². The number of nitro groups is 1. The van der Waals surface area contributed by atoms with Crippen LogP contribution in [0.4, 0.5) is 11.4 Å². The molecule has 1 heterocycles. The summed E-state index contributed by atoms with van der Waals surface area (Å²) < 4.78 is 4.57. The zero-order chi connectivity index (χ0) is 13.8. The van der Waals surface area contributed by atoms with Crippen molar-refractivity contribution in [3.63, 3.8) is 0 Å². The molecule has 0 fully saturated rings. The highest BCUT2D eigenvalue weighted by Crippen LogP contribution is 2.28. The highest BCUT2D eigenvalue weighted by molar-refractivity contribution is 5.93. The Morgan fingerprint density at radius 1 is 1.47 bits per heavy atom. The SMILES string of the molecule is CC(CCO)CNc1ccc([N+](=O)[O-])c2nonc12. The third-order valence-electron chi connectivity index (χ3n) is 2.85. The lowest BCUT2D eigenvalue weighted by Crippen LogP contribution is -2.12. The van der Waals surface area contributed by atoms with E-state index in [0.29, 0.717) is 24.2 Å². The van der Waals surface area contributed by atoms with E-state index in [1.807, 2.05) is 6.92 Å². The second kappa shape index (κ2) is 5.61. The standard InChI is InChI=1S/C11H14N4O4/c1-7(4-5-16)6-12-8-2-3-9(15(17)18)11-10(8)13-19-14-11/h2-3,7,12,16H,4-6H2,1H3. The smallest absolute Gasteiger partial charge is 0.300 e. The summed E-state index contributed by atoms with van der Waals surface area (Å²) >= 11 is 0.